The van der Waals surface area contributed by atoms with Crippen molar-refractivity contribution in [3.05, 3.63) is 47.5 Å². The van der Waals surface area contributed by atoms with Crippen LogP contribution in [-0.4, -0.2) is 46.8 Å². The minimum absolute atomic E-state index is 0.00748. The smallest absolute Gasteiger partial charge is 0.433 e. The average Bonchev–Trinajstić information content (AvgIpc) is 3.04. The van der Waals surface area contributed by atoms with Gasteiger partial charge in [-0.3, -0.25) is 19.6 Å². The molecule has 2 aromatic heterocycles. The van der Waals surface area contributed by atoms with Gasteiger partial charge >= 0.3 is 12.4 Å². The molecule has 1 aliphatic heterocycles. The number of hydrogen-bond donors (Lipinski definition) is 2. The van der Waals surface area contributed by atoms with Crippen molar-refractivity contribution in [2.75, 3.05) is 12.4 Å². The maximum atomic E-state index is 14.0. The average molecular weight is 506 g/mol. The highest BCUT2D eigenvalue weighted by Crippen LogP contribution is 2.54. The number of alkyl halides is 6. The summed E-state index contributed by atoms with van der Waals surface area (Å²) in [6.07, 6.45) is -9.70. The molecule has 0 aromatic carbocycles. The van der Waals surface area contributed by atoms with E-state index in [-0.39, 0.29) is 16.9 Å². The number of methoxy groups -OCH3 is 1. The number of anilines is 1. The van der Waals surface area contributed by atoms with Gasteiger partial charge in [-0.2, -0.15) is 26.3 Å². The predicted molar refractivity (Wildman–Crippen MR) is 108 cm³/mol. The monoisotopic (exact) mass is 506 g/mol. The van der Waals surface area contributed by atoms with E-state index in [2.05, 4.69) is 15.3 Å². The van der Waals surface area contributed by atoms with Crippen LogP contribution in [-0.2, 0) is 15.7 Å². The summed E-state index contributed by atoms with van der Waals surface area (Å²) in [7, 11) is 1.04. The van der Waals surface area contributed by atoms with E-state index in [9.17, 15) is 35.9 Å². The van der Waals surface area contributed by atoms with Crippen molar-refractivity contribution in [3.8, 4) is 5.75 Å². The van der Waals surface area contributed by atoms with E-state index < -0.39 is 59.2 Å². The van der Waals surface area contributed by atoms with Gasteiger partial charge in [0.1, 0.15) is 23.2 Å². The predicted octanol–water partition coefficient (Wildman–Crippen LogP) is 3.68. The van der Waals surface area contributed by atoms with E-state index in [0.29, 0.717) is 6.07 Å². The molecule has 2 aromatic rings. The minimum atomic E-state index is -4.93. The normalized spacial score (nSPS) is 24.8. The van der Waals surface area contributed by atoms with Crippen LogP contribution < -0.4 is 15.8 Å². The first-order chi connectivity index (χ1) is 16.1. The molecule has 190 valence electrons. The molecule has 1 aliphatic rings. The van der Waals surface area contributed by atoms with Gasteiger partial charge in [0.2, 0.25) is 0 Å². The van der Waals surface area contributed by atoms with E-state index in [1.165, 1.54) is 13.0 Å². The SMILES string of the molecule is COc1cc(C(F)(F)F)ncc1[C@H]1[C@@H](C(=O)Nc2ccnc(C(N)=O)c2)O[C@@](C)(C(F)(F)F)[C@@H]1C. The standard InChI is InChI=1S/C21H20F6N4O4/c1-9-15(11-8-30-14(20(22,23)24)7-13(11)34-3)16(35-19(9,2)21(25,26)27)18(33)31-10-4-5-29-12(6-10)17(28)32/h4-9,15-16H,1-3H3,(H2,28,32)(H,29,31,33)/t9-,15+,16+,19-/m1/s1. The highest BCUT2D eigenvalue weighted by atomic mass is 19.4. The summed E-state index contributed by atoms with van der Waals surface area (Å²) in [5, 5.41) is 2.34. The van der Waals surface area contributed by atoms with E-state index in [4.69, 9.17) is 15.2 Å². The Morgan fingerprint density at radius 2 is 1.83 bits per heavy atom. The second kappa shape index (κ2) is 8.98. The van der Waals surface area contributed by atoms with Gasteiger partial charge in [-0.15, -0.1) is 0 Å². The maximum absolute atomic E-state index is 14.0. The van der Waals surface area contributed by atoms with Gasteiger partial charge < -0.3 is 20.5 Å². The molecule has 8 nitrogen and oxygen atoms in total. The fourth-order valence-corrected chi connectivity index (χ4v) is 3.91. The fraction of sp³-hybridized carbons (Fsp3) is 0.429. The second-order valence-electron chi connectivity index (χ2n) is 8.05. The zero-order valence-corrected chi connectivity index (χ0v) is 18.5. The minimum Gasteiger partial charge on any atom is -0.496 e. The third-order valence-electron chi connectivity index (χ3n) is 5.97. The van der Waals surface area contributed by atoms with Gasteiger partial charge in [-0.05, 0) is 19.1 Å². The molecule has 3 N–H and O–H groups in total. The number of amides is 2. The van der Waals surface area contributed by atoms with Crippen LogP contribution in [0.1, 0.15) is 41.5 Å². The van der Waals surface area contributed by atoms with Crippen molar-refractivity contribution in [1.29, 1.82) is 0 Å². The Labute approximate surface area is 194 Å². The third kappa shape index (κ3) is 4.88. The molecule has 0 unspecified atom stereocenters. The number of aromatic nitrogens is 2. The summed E-state index contributed by atoms with van der Waals surface area (Å²) in [4.78, 5) is 31.4. The first-order valence-corrected chi connectivity index (χ1v) is 10.0. The Morgan fingerprint density at radius 3 is 2.37 bits per heavy atom. The highest BCUT2D eigenvalue weighted by molar-refractivity contribution is 5.97. The summed E-state index contributed by atoms with van der Waals surface area (Å²) in [5.41, 5.74) is 0.602. The molecule has 2 amide bonds. The molecule has 0 bridgehead atoms. The summed E-state index contributed by atoms with van der Waals surface area (Å²) in [6.45, 7) is 1.92. The quantitative estimate of drug-likeness (QED) is 0.598. The number of ether oxygens (including phenoxy) is 2. The number of nitrogens with one attached hydrogen (secondary N) is 1. The summed E-state index contributed by atoms with van der Waals surface area (Å²) >= 11 is 0. The molecule has 3 rings (SSSR count). The first-order valence-electron chi connectivity index (χ1n) is 10.0. The van der Waals surface area contributed by atoms with E-state index in [1.54, 1.807) is 0 Å². The van der Waals surface area contributed by atoms with Crippen LogP contribution in [0.3, 0.4) is 0 Å². The molecule has 0 spiro atoms. The fourth-order valence-electron chi connectivity index (χ4n) is 3.91. The number of rotatable bonds is 5. The van der Waals surface area contributed by atoms with Gasteiger partial charge in [0, 0.05) is 41.5 Å². The molecule has 35 heavy (non-hydrogen) atoms. The Hall–Kier alpha value is -3.42. The number of primary amides is 1. The number of hydrogen-bond acceptors (Lipinski definition) is 6. The van der Waals surface area contributed by atoms with Crippen molar-refractivity contribution < 1.29 is 45.4 Å². The van der Waals surface area contributed by atoms with Gasteiger partial charge in [-0.1, -0.05) is 6.92 Å². The zero-order chi connectivity index (χ0) is 26.3. The molecular formula is C21H20F6N4O4. The molecule has 3 heterocycles. The molecule has 1 fully saturated rings. The van der Waals surface area contributed by atoms with Crippen molar-refractivity contribution in [2.24, 2.45) is 11.7 Å². The lowest BCUT2D eigenvalue weighted by atomic mass is 9.77. The molecular weight excluding hydrogens is 486 g/mol. The lowest BCUT2D eigenvalue weighted by Crippen LogP contribution is -2.47. The lowest BCUT2D eigenvalue weighted by molar-refractivity contribution is -0.272. The maximum Gasteiger partial charge on any atom is 0.433 e. The molecule has 0 aliphatic carbocycles. The van der Waals surface area contributed by atoms with Crippen LogP contribution in [0, 0.1) is 5.92 Å². The van der Waals surface area contributed by atoms with Gasteiger partial charge in [-0.25, -0.2) is 0 Å². The zero-order valence-electron chi connectivity index (χ0n) is 18.5. The van der Waals surface area contributed by atoms with Crippen LogP contribution >= 0.6 is 0 Å². The number of nitrogens with two attached hydrogens (primary N) is 1. The molecule has 4 atom stereocenters. The molecule has 14 heteroatoms. The Bertz CT molecular complexity index is 1140. The van der Waals surface area contributed by atoms with E-state index in [1.807, 2.05) is 0 Å². The summed E-state index contributed by atoms with van der Waals surface area (Å²) in [5.74, 6) is -5.20. The third-order valence-corrected chi connectivity index (χ3v) is 5.97. The van der Waals surface area contributed by atoms with E-state index in [0.717, 1.165) is 32.5 Å². The number of carbonyl (C=O) groups is 2. The topological polar surface area (TPSA) is 116 Å². The Kier molecular flexibility index (Phi) is 6.72. The van der Waals surface area contributed by atoms with Crippen LogP contribution in [0.25, 0.3) is 0 Å². The van der Waals surface area contributed by atoms with Crippen molar-refractivity contribution in [2.45, 2.75) is 43.8 Å². The van der Waals surface area contributed by atoms with Gasteiger partial charge in [0.25, 0.3) is 11.8 Å². The second-order valence-corrected chi connectivity index (χ2v) is 8.05. The van der Waals surface area contributed by atoms with Gasteiger partial charge in [0.15, 0.2) is 5.60 Å². The van der Waals surface area contributed by atoms with E-state index >= 15 is 0 Å². The van der Waals surface area contributed by atoms with Crippen LogP contribution in [0.4, 0.5) is 32.0 Å². The van der Waals surface area contributed by atoms with Crippen LogP contribution in [0.15, 0.2) is 30.6 Å². The highest BCUT2D eigenvalue weighted by Gasteiger charge is 2.66. The summed E-state index contributed by atoms with van der Waals surface area (Å²) < 4.78 is 91.5. The first kappa shape index (κ1) is 26.2. The lowest BCUT2D eigenvalue weighted by Gasteiger charge is -2.31. The molecule has 0 radical (unpaired) electrons. The number of pyridine rings is 2. The Balaban J connectivity index is 2.07. The molecule has 1 saturated heterocycles. The molecule has 0 saturated carbocycles. The van der Waals surface area contributed by atoms with Crippen molar-refractivity contribution in [3.63, 3.8) is 0 Å². The number of halogens is 6. The summed E-state index contributed by atoms with van der Waals surface area (Å²) in [6, 6.07) is 2.92. The number of carbonyl (C=O) groups excluding carboxylic acids is 2. The van der Waals surface area contributed by atoms with Crippen LogP contribution in [0.5, 0.6) is 5.75 Å². The largest absolute Gasteiger partial charge is 0.496 e. The Morgan fingerprint density at radius 1 is 1.17 bits per heavy atom. The van der Waals surface area contributed by atoms with Crippen molar-refractivity contribution in [1.82, 2.24) is 9.97 Å². The van der Waals surface area contributed by atoms with Crippen LogP contribution in [0.2, 0.25) is 0 Å². The number of nitrogens with zero attached hydrogens (tertiary/aromatic N) is 2. The van der Waals surface area contributed by atoms with Crippen molar-refractivity contribution >= 4 is 17.5 Å². The van der Waals surface area contributed by atoms with Gasteiger partial charge in [0.05, 0.1) is 7.11 Å².